The Bertz CT molecular complexity index is 1010. The maximum Gasteiger partial charge on any atom is 0.262 e. The molecule has 0 amide bonds. The highest BCUT2D eigenvalue weighted by atomic mass is 16.1. The zero-order valence-electron chi connectivity index (χ0n) is 15.3. The molecule has 0 saturated heterocycles. The Hall–Kier alpha value is -2.43. The Kier molecular flexibility index (Phi) is 3.56. The van der Waals surface area contributed by atoms with Gasteiger partial charge in [-0.25, -0.2) is 4.98 Å². The third-order valence-electron chi connectivity index (χ3n) is 5.35. The van der Waals surface area contributed by atoms with Gasteiger partial charge >= 0.3 is 0 Å². The summed E-state index contributed by atoms with van der Waals surface area (Å²) in [5.74, 6) is 0.915. The quantitative estimate of drug-likeness (QED) is 0.728. The van der Waals surface area contributed by atoms with Gasteiger partial charge in [-0.1, -0.05) is 32.9 Å². The molecule has 1 fully saturated rings. The molecule has 0 radical (unpaired) electrons. The first-order valence-corrected chi connectivity index (χ1v) is 8.97. The summed E-state index contributed by atoms with van der Waals surface area (Å²) < 4.78 is 3.72. The number of benzene rings is 1. The normalized spacial score (nSPS) is 15.0. The standard InChI is InChI=1S/C20H24N4O/c1-5-20(2,3)19-22-16-8-6-7-15(13-11-21-23(4)12-13)17(16)18(25)24(19)14-9-10-14/h6-8,11-12,14H,5,9-10H2,1-4H3. The SMILES string of the molecule is CCC(C)(C)c1nc2cccc(-c3cnn(C)c3)c2c(=O)n1C1CC1. The molecular weight excluding hydrogens is 312 g/mol. The first-order chi connectivity index (χ1) is 11.9. The van der Waals surface area contributed by atoms with E-state index < -0.39 is 0 Å². The van der Waals surface area contributed by atoms with Crippen LogP contribution in [0.25, 0.3) is 22.0 Å². The molecule has 5 heteroatoms. The molecule has 2 heterocycles. The van der Waals surface area contributed by atoms with Crippen molar-refractivity contribution in [3.63, 3.8) is 0 Å². The second kappa shape index (κ2) is 5.55. The van der Waals surface area contributed by atoms with Crippen molar-refractivity contribution < 1.29 is 0 Å². The van der Waals surface area contributed by atoms with Crippen LogP contribution in [-0.4, -0.2) is 19.3 Å². The summed E-state index contributed by atoms with van der Waals surface area (Å²) in [4.78, 5) is 18.5. The lowest BCUT2D eigenvalue weighted by molar-refractivity contribution is 0.433. The monoisotopic (exact) mass is 336 g/mol. The van der Waals surface area contributed by atoms with Crippen molar-refractivity contribution >= 4 is 10.9 Å². The molecule has 3 aromatic rings. The zero-order chi connectivity index (χ0) is 17.8. The molecule has 0 spiro atoms. The van der Waals surface area contributed by atoms with Gasteiger partial charge in [-0.3, -0.25) is 14.0 Å². The van der Waals surface area contributed by atoms with E-state index in [1.807, 2.05) is 36.0 Å². The van der Waals surface area contributed by atoms with Crippen LogP contribution in [0.1, 0.15) is 51.9 Å². The van der Waals surface area contributed by atoms with Gasteiger partial charge < -0.3 is 0 Å². The van der Waals surface area contributed by atoms with Crippen LogP contribution in [0.3, 0.4) is 0 Å². The van der Waals surface area contributed by atoms with Crippen molar-refractivity contribution in [1.82, 2.24) is 19.3 Å². The second-order valence-electron chi connectivity index (χ2n) is 7.68. The van der Waals surface area contributed by atoms with Crippen LogP contribution in [0.4, 0.5) is 0 Å². The van der Waals surface area contributed by atoms with Crippen molar-refractivity contribution in [2.45, 2.75) is 51.5 Å². The second-order valence-corrected chi connectivity index (χ2v) is 7.68. The van der Waals surface area contributed by atoms with E-state index in [0.717, 1.165) is 41.7 Å². The number of hydrogen-bond donors (Lipinski definition) is 0. The van der Waals surface area contributed by atoms with E-state index in [2.05, 4.69) is 25.9 Å². The van der Waals surface area contributed by atoms with Crippen LogP contribution in [0.5, 0.6) is 0 Å². The number of aryl methyl sites for hydroxylation is 1. The van der Waals surface area contributed by atoms with Crippen LogP contribution in [0, 0.1) is 0 Å². The molecule has 5 nitrogen and oxygen atoms in total. The molecule has 0 bridgehead atoms. The van der Waals surface area contributed by atoms with E-state index in [-0.39, 0.29) is 11.0 Å². The predicted molar refractivity (Wildman–Crippen MR) is 99.8 cm³/mol. The Labute approximate surface area is 147 Å². The summed E-state index contributed by atoms with van der Waals surface area (Å²) in [6.45, 7) is 6.49. The van der Waals surface area contributed by atoms with E-state index >= 15 is 0 Å². The fourth-order valence-corrected chi connectivity index (χ4v) is 3.35. The fraction of sp³-hybridized carbons (Fsp3) is 0.450. The van der Waals surface area contributed by atoms with Crippen LogP contribution in [0.15, 0.2) is 35.4 Å². The topological polar surface area (TPSA) is 52.7 Å². The van der Waals surface area contributed by atoms with Crippen LogP contribution in [0.2, 0.25) is 0 Å². The zero-order valence-corrected chi connectivity index (χ0v) is 15.3. The maximum absolute atomic E-state index is 13.5. The molecule has 0 unspecified atom stereocenters. The van der Waals surface area contributed by atoms with E-state index in [0.29, 0.717) is 11.4 Å². The number of fused-ring (bicyclic) bond motifs is 1. The third kappa shape index (κ3) is 2.58. The molecule has 1 aliphatic carbocycles. The van der Waals surface area contributed by atoms with Gasteiger partial charge in [0.25, 0.3) is 5.56 Å². The van der Waals surface area contributed by atoms with Crippen LogP contribution >= 0.6 is 0 Å². The van der Waals surface area contributed by atoms with E-state index in [9.17, 15) is 4.79 Å². The highest BCUT2D eigenvalue weighted by Gasteiger charge is 2.34. The number of hydrogen-bond acceptors (Lipinski definition) is 3. The van der Waals surface area contributed by atoms with E-state index in [1.54, 1.807) is 10.9 Å². The van der Waals surface area contributed by atoms with Gasteiger partial charge in [-0.05, 0) is 30.9 Å². The van der Waals surface area contributed by atoms with Crippen molar-refractivity contribution in [2.24, 2.45) is 7.05 Å². The Morgan fingerprint density at radius 3 is 2.64 bits per heavy atom. The minimum atomic E-state index is -0.125. The van der Waals surface area contributed by atoms with Crippen molar-refractivity contribution in [3.8, 4) is 11.1 Å². The molecule has 1 aromatic carbocycles. The van der Waals surface area contributed by atoms with Gasteiger partial charge in [-0.2, -0.15) is 5.10 Å². The van der Waals surface area contributed by atoms with Gasteiger partial charge in [-0.15, -0.1) is 0 Å². The van der Waals surface area contributed by atoms with Crippen molar-refractivity contribution in [3.05, 3.63) is 46.8 Å². The first-order valence-electron chi connectivity index (χ1n) is 8.97. The summed E-state index contributed by atoms with van der Waals surface area (Å²) >= 11 is 0. The summed E-state index contributed by atoms with van der Waals surface area (Å²) in [5, 5.41) is 4.96. The molecule has 1 saturated carbocycles. The lowest BCUT2D eigenvalue weighted by Gasteiger charge is -2.26. The van der Waals surface area contributed by atoms with Crippen molar-refractivity contribution in [2.75, 3.05) is 0 Å². The van der Waals surface area contributed by atoms with Gasteiger partial charge in [0.2, 0.25) is 0 Å². The largest absolute Gasteiger partial charge is 0.293 e. The Morgan fingerprint density at radius 2 is 2.04 bits per heavy atom. The lowest BCUT2D eigenvalue weighted by atomic mass is 9.88. The number of aromatic nitrogens is 4. The molecule has 0 aliphatic heterocycles. The highest BCUT2D eigenvalue weighted by molar-refractivity contribution is 5.93. The summed E-state index contributed by atoms with van der Waals surface area (Å²) in [6, 6.07) is 6.21. The van der Waals surface area contributed by atoms with Crippen LogP contribution < -0.4 is 5.56 Å². The molecule has 2 aromatic heterocycles. The summed E-state index contributed by atoms with van der Waals surface area (Å²) in [6.07, 6.45) is 6.82. The number of rotatable bonds is 4. The Balaban J connectivity index is 2.07. The van der Waals surface area contributed by atoms with Gasteiger partial charge in [0.15, 0.2) is 0 Å². The van der Waals surface area contributed by atoms with Gasteiger partial charge in [0, 0.05) is 30.3 Å². The van der Waals surface area contributed by atoms with Crippen LogP contribution in [-0.2, 0) is 12.5 Å². The highest BCUT2D eigenvalue weighted by Crippen LogP contribution is 2.38. The minimum Gasteiger partial charge on any atom is -0.293 e. The maximum atomic E-state index is 13.5. The van der Waals surface area contributed by atoms with E-state index in [1.165, 1.54) is 0 Å². The molecule has 0 N–H and O–H groups in total. The molecule has 4 rings (SSSR count). The first kappa shape index (κ1) is 16.1. The van der Waals surface area contributed by atoms with Gasteiger partial charge in [0.1, 0.15) is 5.82 Å². The molecule has 0 atom stereocenters. The fourth-order valence-electron chi connectivity index (χ4n) is 3.35. The Morgan fingerprint density at radius 1 is 1.28 bits per heavy atom. The number of nitrogens with zero attached hydrogens (tertiary/aromatic N) is 4. The minimum absolute atomic E-state index is 0.0866. The summed E-state index contributed by atoms with van der Waals surface area (Å²) in [7, 11) is 1.89. The molecule has 130 valence electrons. The smallest absolute Gasteiger partial charge is 0.262 e. The lowest BCUT2D eigenvalue weighted by Crippen LogP contribution is -2.32. The average molecular weight is 336 g/mol. The van der Waals surface area contributed by atoms with Gasteiger partial charge in [0.05, 0.1) is 17.1 Å². The summed E-state index contributed by atoms with van der Waals surface area (Å²) in [5.41, 5.74) is 2.61. The predicted octanol–water partition coefficient (Wildman–Crippen LogP) is 3.82. The molecule has 1 aliphatic rings. The third-order valence-corrected chi connectivity index (χ3v) is 5.35. The molecule has 25 heavy (non-hydrogen) atoms. The molecular formula is C20H24N4O. The average Bonchev–Trinajstić information content (AvgIpc) is 3.34. The van der Waals surface area contributed by atoms with Crippen molar-refractivity contribution in [1.29, 1.82) is 0 Å². The van der Waals surface area contributed by atoms with E-state index in [4.69, 9.17) is 4.98 Å².